The molecule has 0 unspecified atom stereocenters. The topological polar surface area (TPSA) is 145 Å². The van der Waals surface area contributed by atoms with E-state index in [-0.39, 0.29) is 47.3 Å². The Morgan fingerprint density at radius 3 is 1.96 bits per heavy atom. The standard InChI is InChI=1S/C20H28ClN3O4.C18H22ClN3O3.CH4S.Na/c1-5-27-18(25)7-6-15-11-23-17(21)10-16(15)22-9-8-14-12-24(13-14)19(26)28-20(2,3)4;1-18(2,3)25-17(24)21-10-12(11-21)6-7-22-14-8-15(19)20-9-13(14)4-5-16(22)23;1-2;/h6-7,10-11,14H,5,8-9,12-13H2,1-4H3,(H,22,23);4-5,8-9,12H,6-7,10-11H2,1-3H3;2H,1H3;/q;;;+1/p-1/b7-6+;;;. The van der Waals surface area contributed by atoms with Crippen molar-refractivity contribution in [1.82, 2.24) is 24.3 Å². The molecule has 2 fully saturated rings. The second kappa shape index (κ2) is 22.8. The van der Waals surface area contributed by atoms with Crippen molar-refractivity contribution >= 4 is 76.7 Å². The normalized spacial score (nSPS) is 14.3. The monoisotopic (exact) mass is 842 g/mol. The van der Waals surface area contributed by atoms with Crippen LogP contribution in [-0.4, -0.2) is 99.3 Å². The number of pyridine rings is 3. The molecule has 0 radical (unpaired) electrons. The summed E-state index contributed by atoms with van der Waals surface area (Å²) < 4.78 is 17.3. The summed E-state index contributed by atoms with van der Waals surface area (Å²) in [5.41, 5.74) is 1.32. The van der Waals surface area contributed by atoms with Gasteiger partial charge in [-0.05, 0) is 97.4 Å². The van der Waals surface area contributed by atoms with E-state index in [1.807, 2.05) is 41.5 Å². The van der Waals surface area contributed by atoms with Gasteiger partial charge in [-0.25, -0.2) is 24.4 Å². The van der Waals surface area contributed by atoms with Gasteiger partial charge >= 0.3 is 47.7 Å². The molecule has 0 saturated carbocycles. The average molecular weight is 844 g/mol. The number of carbonyl (C=O) groups is 3. The second-order valence-electron chi connectivity index (χ2n) is 15.1. The Morgan fingerprint density at radius 1 is 0.875 bits per heavy atom. The third-order valence-corrected chi connectivity index (χ3v) is 8.69. The zero-order chi connectivity index (χ0) is 40.9. The number of aryl methyl sites for hydroxylation is 1. The fraction of sp³-hybridized carbons (Fsp3) is 0.538. The van der Waals surface area contributed by atoms with Crippen LogP contribution in [0.1, 0.15) is 66.9 Å². The zero-order valence-electron chi connectivity index (χ0n) is 33.9. The van der Waals surface area contributed by atoms with E-state index in [1.165, 1.54) is 6.08 Å². The number of esters is 1. The van der Waals surface area contributed by atoms with E-state index in [0.29, 0.717) is 68.0 Å². The van der Waals surface area contributed by atoms with Gasteiger partial charge in [-0.1, -0.05) is 23.2 Å². The molecule has 302 valence electrons. The molecule has 0 spiro atoms. The number of likely N-dealkylation sites (tertiary alicyclic amines) is 2. The summed E-state index contributed by atoms with van der Waals surface area (Å²) in [6.07, 6.45) is 9.06. The summed E-state index contributed by atoms with van der Waals surface area (Å²) in [5, 5.41) is 4.95. The smallest absolute Gasteiger partial charge is 0.796 e. The van der Waals surface area contributed by atoms with Gasteiger partial charge in [0.1, 0.15) is 21.5 Å². The minimum absolute atomic E-state index is 0. The summed E-state index contributed by atoms with van der Waals surface area (Å²) in [7, 11) is 0. The van der Waals surface area contributed by atoms with Crippen LogP contribution in [0.5, 0.6) is 0 Å². The molecule has 3 aromatic heterocycles. The van der Waals surface area contributed by atoms with Crippen LogP contribution in [0.4, 0.5) is 15.3 Å². The molecule has 2 aliphatic rings. The molecule has 5 rings (SSSR count). The van der Waals surface area contributed by atoms with Crippen molar-refractivity contribution in [3.05, 3.63) is 69.0 Å². The van der Waals surface area contributed by atoms with Gasteiger partial charge in [-0.2, -0.15) is 6.26 Å². The van der Waals surface area contributed by atoms with Crippen molar-refractivity contribution in [2.24, 2.45) is 11.8 Å². The van der Waals surface area contributed by atoms with Gasteiger partial charge in [0.15, 0.2) is 0 Å². The van der Waals surface area contributed by atoms with Crippen LogP contribution in [0, 0.1) is 11.8 Å². The van der Waals surface area contributed by atoms with E-state index in [1.54, 1.807) is 70.3 Å². The third-order valence-electron chi connectivity index (χ3n) is 8.27. The average Bonchev–Trinajstić information content (AvgIpc) is 3.05. The van der Waals surface area contributed by atoms with Gasteiger partial charge in [0.05, 0.1) is 12.1 Å². The molecule has 56 heavy (non-hydrogen) atoms. The summed E-state index contributed by atoms with van der Waals surface area (Å²) in [4.78, 5) is 59.1. The molecule has 5 heterocycles. The second-order valence-corrected chi connectivity index (χ2v) is 15.9. The van der Waals surface area contributed by atoms with Crippen molar-refractivity contribution in [3.8, 4) is 0 Å². The first-order valence-electron chi connectivity index (χ1n) is 18.2. The predicted molar refractivity (Wildman–Crippen MR) is 220 cm³/mol. The van der Waals surface area contributed by atoms with Crippen molar-refractivity contribution in [2.45, 2.75) is 79.1 Å². The summed E-state index contributed by atoms with van der Waals surface area (Å²) in [6.45, 7) is 17.3. The van der Waals surface area contributed by atoms with Crippen LogP contribution < -0.4 is 40.4 Å². The molecule has 0 bridgehead atoms. The quantitative estimate of drug-likeness (QED) is 0.0772. The number of fused-ring (bicyclic) bond motifs is 1. The van der Waals surface area contributed by atoms with E-state index >= 15 is 0 Å². The van der Waals surface area contributed by atoms with Crippen molar-refractivity contribution in [1.29, 1.82) is 0 Å². The molecule has 17 heteroatoms. The molecule has 1 N–H and O–H groups in total. The molecule has 0 aromatic carbocycles. The fourth-order valence-corrected chi connectivity index (χ4v) is 5.96. The summed E-state index contributed by atoms with van der Waals surface area (Å²) in [6, 6.07) is 6.74. The molecule has 0 aliphatic carbocycles. The largest absolute Gasteiger partial charge is 1.00 e. The van der Waals surface area contributed by atoms with Gasteiger partial charge < -0.3 is 46.5 Å². The fourth-order valence-electron chi connectivity index (χ4n) is 5.65. The van der Waals surface area contributed by atoms with Crippen LogP contribution in [0.2, 0.25) is 10.3 Å². The van der Waals surface area contributed by atoms with Gasteiger partial charge in [0, 0.05) is 80.4 Å². The number of carbonyl (C=O) groups excluding carboxylic acids is 3. The van der Waals surface area contributed by atoms with Crippen molar-refractivity contribution < 1.29 is 58.2 Å². The molecule has 2 saturated heterocycles. The van der Waals surface area contributed by atoms with Gasteiger partial charge in [0.2, 0.25) is 0 Å². The van der Waals surface area contributed by atoms with Crippen LogP contribution in [0.3, 0.4) is 0 Å². The Bertz CT molecular complexity index is 1860. The van der Waals surface area contributed by atoms with Crippen LogP contribution >= 0.6 is 23.2 Å². The SMILES string of the molecule is CC(C)(C)OC(=O)N1CC(CCn2c(=O)ccc3cnc(Cl)cc32)C1.CCOC(=O)/C=C/c1cnc(Cl)cc1NCCC1CN(C(=O)OC(C)(C)C)C1.C[S-].[Na+]. The first-order valence-corrected chi connectivity index (χ1v) is 19.7. The summed E-state index contributed by atoms with van der Waals surface area (Å²) >= 11 is 16.0. The molecular formula is C39H53Cl2N6NaO7S. The third kappa shape index (κ3) is 16.1. The number of amides is 2. The molecule has 2 aliphatic heterocycles. The first-order chi connectivity index (χ1) is 25.9. The molecule has 0 atom stereocenters. The number of hydrogen-bond donors (Lipinski definition) is 1. The Balaban J connectivity index is 0.000000366. The van der Waals surface area contributed by atoms with E-state index in [4.69, 9.17) is 37.4 Å². The summed E-state index contributed by atoms with van der Waals surface area (Å²) in [5.74, 6) is 0.392. The number of halogens is 2. The predicted octanol–water partition coefficient (Wildman–Crippen LogP) is 4.45. The molecular weight excluding hydrogens is 790 g/mol. The number of nitrogens with zero attached hydrogens (tertiary/aromatic N) is 5. The molecule has 3 aromatic rings. The van der Waals surface area contributed by atoms with E-state index < -0.39 is 17.2 Å². The number of nitrogens with one attached hydrogen (secondary N) is 1. The zero-order valence-corrected chi connectivity index (χ0v) is 38.2. The van der Waals surface area contributed by atoms with E-state index in [0.717, 1.165) is 35.0 Å². The molecule has 2 amide bonds. The van der Waals surface area contributed by atoms with Crippen LogP contribution in [0.15, 0.2) is 47.5 Å². The number of anilines is 1. The van der Waals surface area contributed by atoms with Gasteiger partial charge in [-0.3, -0.25) is 4.79 Å². The van der Waals surface area contributed by atoms with Gasteiger partial charge in [-0.15, -0.1) is 0 Å². The van der Waals surface area contributed by atoms with E-state index in [9.17, 15) is 19.2 Å². The maximum atomic E-state index is 12.2. The van der Waals surface area contributed by atoms with E-state index in [2.05, 4.69) is 27.9 Å². The first kappa shape index (κ1) is 49.1. The maximum Gasteiger partial charge on any atom is 1.00 e. The maximum absolute atomic E-state index is 12.2. The number of rotatable bonds is 10. The van der Waals surface area contributed by atoms with Crippen LogP contribution in [-0.2, 0) is 38.2 Å². The van der Waals surface area contributed by atoms with Crippen molar-refractivity contribution in [2.75, 3.05) is 50.9 Å². The Kier molecular flexibility index (Phi) is 20.0. The minimum atomic E-state index is -0.480. The minimum Gasteiger partial charge on any atom is -0.796 e. The number of aromatic nitrogens is 3. The number of ether oxygens (including phenoxy) is 3. The van der Waals surface area contributed by atoms with Crippen LogP contribution in [0.25, 0.3) is 17.0 Å². The Hall–Kier alpha value is -3.01. The number of hydrogen-bond acceptors (Lipinski definition) is 11. The van der Waals surface area contributed by atoms with Gasteiger partial charge in [0.25, 0.3) is 5.56 Å². The Morgan fingerprint density at radius 2 is 1.41 bits per heavy atom. The van der Waals surface area contributed by atoms with Crippen molar-refractivity contribution in [3.63, 3.8) is 0 Å². The molecule has 13 nitrogen and oxygen atoms in total. The Labute approximate surface area is 367 Å².